The first-order valence-corrected chi connectivity index (χ1v) is 9.17. The van der Waals surface area contributed by atoms with E-state index >= 15 is 0 Å². The summed E-state index contributed by atoms with van der Waals surface area (Å²) in [5.41, 5.74) is 6.30. The predicted octanol–water partition coefficient (Wildman–Crippen LogP) is 3.74. The number of benzene rings is 1. The lowest BCUT2D eigenvalue weighted by molar-refractivity contribution is 0.198. The monoisotopic (exact) mass is 335 g/mol. The summed E-state index contributed by atoms with van der Waals surface area (Å²) in [7, 11) is 0. The molecule has 4 rings (SSSR count). The van der Waals surface area contributed by atoms with Crippen LogP contribution in [0.25, 0.3) is 11.3 Å². The van der Waals surface area contributed by atoms with Crippen molar-refractivity contribution in [3.8, 4) is 11.3 Å². The van der Waals surface area contributed by atoms with Gasteiger partial charge < -0.3 is 0 Å². The van der Waals surface area contributed by atoms with Crippen LogP contribution in [-0.2, 0) is 13.0 Å². The van der Waals surface area contributed by atoms with E-state index in [4.69, 9.17) is 0 Å². The van der Waals surface area contributed by atoms with Gasteiger partial charge in [0.2, 0.25) is 0 Å². The Morgan fingerprint density at radius 2 is 1.88 bits per heavy atom. The van der Waals surface area contributed by atoms with Gasteiger partial charge in [0.1, 0.15) is 0 Å². The van der Waals surface area contributed by atoms with Crippen molar-refractivity contribution >= 4 is 0 Å². The molecule has 0 radical (unpaired) electrons. The van der Waals surface area contributed by atoms with Crippen molar-refractivity contribution in [2.75, 3.05) is 13.1 Å². The largest absolute Gasteiger partial charge is 0.298 e. The molecule has 0 spiro atoms. The Kier molecular flexibility index (Phi) is 4.65. The van der Waals surface area contributed by atoms with E-state index in [0.29, 0.717) is 5.92 Å². The number of hydrogen-bond acceptors (Lipinski definition) is 3. The first-order chi connectivity index (χ1) is 12.3. The van der Waals surface area contributed by atoms with Crippen LogP contribution < -0.4 is 0 Å². The molecule has 1 aliphatic rings. The third kappa shape index (κ3) is 3.37. The number of likely N-dealkylation sites (tertiary alicyclic amines) is 1. The van der Waals surface area contributed by atoms with E-state index in [9.17, 15) is 0 Å². The van der Waals surface area contributed by atoms with Crippen molar-refractivity contribution in [2.24, 2.45) is 0 Å². The molecule has 0 unspecified atom stereocenters. The Bertz CT molecular complexity index is 804. The van der Waals surface area contributed by atoms with Gasteiger partial charge in [-0.2, -0.15) is 10.2 Å². The molecule has 1 aromatic carbocycles. The standard InChI is InChI=1S/C20H25N5/c1-2-15-11-21-23-19(15)17-9-6-10-25(13-17)14-18-12-22-24-20(18)16-7-4-3-5-8-16/h3-5,7-8,11-12,17H,2,6,9-10,13-14H2,1H3,(H,21,23)(H,22,24)/t17-/m1/s1. The molecule has 1 atom stereocenters. The molecule has 0 amide bonds. The molecule has 3 heterocycles. The van der Waals surface area contributed by atoms with E-state index in [0.717, 1.165) is 31.7 Å². The van der Waals surface area contributed by atoms with Crippen LogP contribution in [0.5, 0.6) is 0 Å². The molecule has 25 heavy (non-hydrogen) atoms. The fourth-order valence-corrected chi connectivity index (χ4v) is 3.92. The number of nitrogens with one attached hydrogen (secondary N) is 2. The average molecular weight is 335 g/mol. The van der Waals surface area contributed by atoms with Crippen LogP contribution in [0.1, 0.15) is 42.5 Å². The molecule has 1 fully saturated rings. The number of aryl methyl sites for hydroxylation is 1. The second kappa shape index (κ2) is 7.23. The zero-order valence-electron chi connectivity index (χ0n) is 14.7. The smallest absolute Gasteiger partial charge is 0.0695 e. The number of aromatic nitrogens is 4. The van der Waals surface area contributed by atoms with Crippen molar-refractivity contribution in [3.05, 3.63) is 59.5 Å². The van der Waals surface area contributed by atoms with Crippen LogP contribution in [-0.4, -0.2) is 38.4 Å². The zero-order chi connectivity index (χ0) is 17.1. The van der Waals surface area contributed by atoms with Gasteiger partial charge in [0.25, 0.3) is 0 Å². The molecule has 0 bridgehead atoms. The minimum absolute atomic E-state index is 0.554. The molecule has 5 heteroatoms. The summed E-state index contributed by atoms with van der Waals surface area (Å²) in [6, 6.07) is 10.5. The Morgan fingerprint density at radius 1 is 1.08 bits per heavy atom. The van der Waals surface area contributed by atoms with Crippen LogP contribution in [0, 0.1) is 0 Å². The van der Waals surface area contributed by atoms with Gasteiger partial charge in [-0.3, -0.25) is 15.1 Å². The highest BCUT2D eigenvalue weighted by atomic mass is 15.2. The molecule has 1 saturated heterocycles. The van der Waals surface area contributed by atoms with E-state index in [1.807, 2.05) is 18.5 Å². The van der Waals surface area contributed by atoms with Gasteiger partial charge in [0.05, 0.1) is 18.1 Å². The summed E-state index contributed by atoms with van der Waals surface area (Å²) in [5.74, 6) is 0.554. The zero-order valence-corrected chi connectivity index (χ0v) is 14.7. The third-order valence-corrected chi connectivity index (χ3v) is 5.22. The summed E-state index contributed by atoms with van der Waals surface area (Å²) in [5, 5.41) is 15.0. The maximum Gasteiger partial charge on any atom is 0.0695 e. The van der Waals surface area contributed by atoms with Gasteiger partial charge in [-0.25, -0.2) is 0 Å². The van der Waals surface area contributed by atoms with Crippen molar-refractivity contribution < 1.29 is 0 Å². The van der Waals surface area contributed by atoms with E-state index < -0.39 is 0 Å². The maximum absolute atomic E-state index is 4.29. The minimum atomic E-state index is 0.554. The molecule has 130 valence electrons. The molecule has 3 aromatic rings. The second-order valence-electron chi connectivity index (χ2n) is 6.87. The number of rotatable bonds is 5. The van der Waals surface area contributed by atoms with Crippen molar-refractivity contribution in [1.82, 2.24) is 25.3 Å². The first-order valence-electron chi connectivity index (χ1n) is 9.17. The first kappa shape index (κ1) is 16.1. The van der Waals surface area contributed by atoms with E-state index in [-0.39, 0.29) is 0 Å². The van der Waals surface area contributed by atoms with Crippen molar-refractivity contribution in [3.63, 3.8) is 0 Å². The Hall–Kier alpha value is -2.40. The van der Waals surface area contributed by atoms with Crippen molar-refractivity contribution in [1.29, 1.82) is 0 Å². The number of aromatic amines is 2. The highest BCUT2D eigenvalue weighted by molar-refractivity contribution is 5.62. The Morgan fingerprint density at radius 3 is 2.72 bits per heavy atom. The summed E-state index contributed by atoms with van der Waals surface area (Å²) in [6.45, 7) is 5.36. The molecule has 0 aliphatic carbocycles. The lowest BCUT2D eigenvalue weighted by atomic mass is 9.91. The quantitative estimate of drug-likeness (QED) is 0.746. The summed E-state index contributed by atoms with van der Waals surface area (Å²) in [6.07, 6.45) is 7.47. The predicted molar refractivity (Wildman–Crippen MR) is 99.2 cm³/mol. The van der Waals surface area contributed by atoms with Crippen molar-refractivity contribution in [2.45, 2.75) is 38.6 Å². The summed E-state index contributed by atoms with van der Waals surface area (Å²) < 4.78 is 0. The molecule has 5 nitrogen and oxygen atoms in total. The van der Waals surface area contributed by atoms with Gasteiger partial charge >= 0.3 is 0 Å². The van der Waals surface area contributed by atoms with Gasteiger partial charge in [-0.05, 0) is 36.9 Å². The average Bonchev–Trinajstić information content (AvgIpc) is 3.32. The Labute approximate surface area is 148 Å². The molecule has 2 N–H and O–H groups in total. The normalized spacial score (nSPS) is 18.5. The second-order valence-corrected chi connectivity index (χ2v) is 6.87. The van der Waals surface area contributed by atoms with Crippen LogP contribution in [0.4, 0.5) is 0 Å². The SMILES string of the molecule is CCc1cn[nH]c1[C@@H]1CCCN(Cc2cn[nH]c2-c2ccccc2)C1. The number of nitrogens with zero attached hydrogens (tertiary/aromatic N) is 3. The topological polar surface area (TPSA) is 60.6 Å². The van der Waals surface area contributed by atoms with Crippen LogP contribution >= 0.6 is 0 Å². The maximum atomic E-state index is 4.29. The molecular weight excluding hydrogens is 310 g/mol. The van der Waals surface area contributed by atoms with Crippen LogP contribution in [0.2, 0.25) is 0 Å². The summed E-state index contributed by atoms with van der Waals surface area (Å²) in [4.78, 5) is 2.55. The lowest BCUT2D eigenvalue weighted by Crippen LogP contribution is -2.34. The van der Waals surface area contributed by atoms with Crippen LogP contribution in [0.3, 0.4) is 0 Å². The Balaban J connectivity index is 1.50. The molecule has 0 saturated carbocycles. The fourth-order valence-electron chi connectivity index (χ4n) is 3.92. The lowest BCUT2D eigenvalue weighted by Gasteiger charge is -2.32. The van der Waals surface area contributed by atoms with Gasteiger partial charge in [-0.1, -0.05) is 37.3 Å². The number of hydrogen-bond donors (Lipinski definition) is 2. The van der Waals surface area contributed by atoms with Gasteiger partial charge in [-0.15, -0.1) is 0 Å². The number of H-pyrrole nitrogens is 2. The van der Waals surface area contributed by atoms with Gasteiger partial charge in [0.15, 0.2) is 0 Å². The molecule has 1 aliphatic heterocycles. The van der Waals surface area contributed by atoms with Gasteiger partial charge in [0, 0.05) is 30.3 Å². The van der Waals surface area contributed by atoms with E-state index in [1.165, 1.54) is 35.2 Å². The highest BCUT2D eigenvalue weighted by Gasteiger charge is 2.25. The number of piperidine rings is 1. The highest BCUT2D eigenvalue weighted by Crippen LogP contribution is 2.30. The third-order valence-electron chi connectivity index (χ3n) is 5.22. The van der Waals surface area contributed by atoms with Crippen LogP contribution in [0.15, 0.2) is 42.7 Å². The molecular formula is C20H25N5. The fraction of sp³-hybridized carbons (Fsp3) is 0.400. The summed E-state index contributed by atoms with van der Waals surface area (Å²) >= 11 is 0. The molecule has 2 aromatic heterocycles. The minimum Gasteiger partial charge on any atom is -0.298 e. The van der Waals surface area contributed by atoms with E-state index in [2.05, 4.69) is 56.5 Å². The van der Waals surface area contributed by atoms with E-state index in [1.54, 1.807) is 0 Å².